The van der Waals surface area contributed by atoms with E-state index in [0.717, 1.165) is 30.6 Å². The Hall–Kier alpha value is -1.69. The van der Waals surface area contributed by atoms with Crippen LogP contribution in [0.3, 0.4) is 0 Å². The molecule has 1 atom stereocenters. The zero-order chi connectivity index (χ0) is 17.5. The molecule has 1 aliphatic carbocycles. The van der Waals surface area contributed by atoms with Crippen LogP contribution in [0.5, 0.6) is 0 Å². The van der Waals surface area contributed by atoms with Gasteiger partial charge in [-0.25, -0.2) is 8.78 Å². The first-order chi connectivity index (χ1) is 11.5. The number of aliphatic imine (C=N–C) groups is 1. The lowest BCUT2D eigenvalue weighted by Crippen LogP contribution is -2.41. The Balaban J connectivity index is 1.75. The number of benzene rings is 1. The SMILES string of the molecule is CN=C(NCC(C)c1ccc(F)c(F)c1)N(C)CCOCC1CC1. The van der Waals surface area contributed by atoms with Crippen molar-refractivity contribution in [2.24, 2.45) is 10.9 Å². The van der Waals surface area contributed by atoms with E-state index in [1.54, 1.807) is 13.1 Å². The highest BCUT2D eigenvalue weighted by atomic mass is 19.2. The summed E-state index contributed by atoms with van der Waals surface area (Å²) in [4.78, 5) is 6.26. The summed E-state index contributed by atoms with van der Waals surface area (Å²) in [5.74, 6) is -0.0603. The van der Waals surface area contributed by atoms with Gasteiger partial charge in [-0.15, -0.1) is 0 Å². The van der Waals surface area contributed by atoms with Gasteiger partial charge < -0.3 is 15.0 Å². The molecule has 0 aromatic heterocycles. The molecule has 0 bridgehead atoms. The molecule has 1 aromatic carbocycles. The van der Waals surface area contributed by atoms with Crippen molar-refractivity contribution in [3.8, 4) is 0 Å². The van der Waals surface area contributed by atoms with Gasteiger partial charge in [0, 0.05) is 33.8 Å². The molecule has 4 nitrogen and oxygen atoms in total. The highest BCUT2D eigenvalue weighted by Crippen LogP contribution is 2.28. The fourth-order valence-corrected chi connectivity index (χ4v) is 2.41. The summed E-state index contributed by atoms with van der Waals surface area (Å²) in [6.07, 6.45) is 2.59. The quantitative estimate of drug-likeness (QED) is 0.449. The van der Waals surface area contributed by atoms with Crippen LogP contribution in [0.1, 0.15) is 31.2 Å². The molecule has 1 fully saturated rings. The smallest absolute Gasteiger partial charge is 0.193 e. The van der Waals surface area contributed by atoms with Gasteiger partial charge in [0.1, 0.15) is 0 Å². The average Bonchev–Trinajstić information content (AvgIpc) is 3.38. The van der Waals surface area contributed by atoms with Crippen molar-refractivity contribution in [2.75, 3.05) is 40.4 Å². The van der Waals surface area contributed by atoms with E-state index >= 15 is 0 Å². The molecular formula is C18H27F2N3O. The third-order valence-corrected chi connectivity index (χ3v) is 4.27. The fraction of sp³-hybridized carbons (Fsp3) is 0.611. The second-order valence-electron chi connectivity index (χ2n) is 6.44. The van der Waals surface area contributed by atoms with Gasteiger partial charge in [-0.2, -0.15) is 0 Å². The Bertz CT molecular complexity index is 561. The van der Waals surface area contributed by atoms with E-state index in [2.05, 4.69) is 10.3 Å². The minimum atomic E-state index is -0.819. The number of halogens is 2. The van der Waals surface area contributed by atoms with E-state index in [0.29, 0.717) is 13.2 Å². The van der Waals surface area contributed by atoms with E-state index in [4.69, 9.17) is 4.74 Å². The third-order valence-electron chi connectivity index (χ3n) is 4.27. The summed E-state index contributed by atoms with van der Waals surface area (Å²) in [6.45, 7) is 4.84. The standard InChI is InChI=1S/C18H27F2N3O/c1-13(15-6-7-16(19)17(20)10-15)11-22-18(21-2)23(3)8-9-24-12-14-4-5-14/h6-7,10,13-14H,4-5,8-9,11-12H2,1-3H3,(H,21,22). The Morgan fingerprint density at radius 3 is 2.75 bits per heavy atom. The lowest BCUT2D eigenvalue weighted by atomic mass is 10.0. The van der Waals surface area contributed by atoms with Crippen molar-refractivity contribution in [2.45, 2.75) is 25.7 Å². The van der Waals surface area contributed by atoms with Crippen LogP contribution in [0.4, 0.5) is 8.78 Å². The second kappa shape index (κ2) is 8.97. The highest BCUT2D eigenvalue weighted by Gasteiger charge is 2.21. The number of ether oxygens (including phenoxy) is 1. The second-order valence-corrected chi connectivity index (χ2v) is 6.44. The summed E-state index contributed by atoms with van der Waals surface area (Å²) < 4.78 is 32.0. The Morgan fingerprint density at radius 1 is 1.38 bits per heavy atom. The van der Waals surface area contributed by atoms with Gasteiger partial charge in [0.05, 0.1) is 6.61 Å². The van der Waals surface area contributed by atoms with Crippen LogP contribution in [0, 0.1) is 17.6 Å². The maximum atomic E-state index is 13.3. The molecule has 2 rings (SSSR count). The molecule has 0 spiro atoms. The number of nitrogens with one attached hydrogen (secondary N) is 1. The van der Waals surface area contributed by atoms with Gasteiger partial charge >= 0.3 is 0 Å². The van der Waals surface area contributed by atoms with E-state index in [-0.39, 0.29) is 5.92 Å². The topological polar surface area (TPSA) is 36.9 Å². The van der Waals surface area contributed by atoms with Gasteiger partial charge in [-0.1, -0.05) is 13.0 Å². The Kier molecular flexibility index (Phi) is 6.97. The van der Waals surface area contributed by atoms with Gasteiger partial charge in [0.15, 0.2) is 17.6 Å². The minimum absolute atomic E-state index is 0.0383. The monoisotopic (exact) mass is 339 g/mol. The average molecular weight is 339 g/mol. The molecule has 24 heavy (non-hydrogen) atoms. The van der Waals surface area contributed by atoms with Gasteiger partial charge in [0.25, 0.3) is 0 Å². The first-order valence-electron chi connectivity index (χ1n) is 8.45. The first-order valence-corrected chi connectivity index (χ1v) is 8.45. The number of rotatable bonds is 8. The van der Waals surface area contributed by atoms with E-state index in [9.17, 15) is 8.78 Å². The summed E-state index contributed by atoms with van der Waals surface area (Å²) in [6, 6.07) is 4.03. The molecule has 0 saturated heterocycles. The third kappa shape index (κ3) is 5.74. The van der Waals surface area contributed by atoms with Crippen molar-refractivity contribution in [3.63, 3.8) is 0 Å². The van der Waals surface area contributed by atoms with E-state index in [1.165, 1.54) is 25.0 Å². The van der Waals surface area contributed by atoms with Crippen molar-refractivity contribution in [1.82, 2.24) is 10.2 Å². The molecule has 0 aliphatic heterocycles. The largest absolute Gasteiger partial charge is 0.379 e. The molecule has 1 unspecified atom stereocenters. The predicted molar refractivity (Wildman–Crippen MR) is 92.3 cm³/mol. The van der Waals surface area contributed by atoms with Crippen LogP contribution >= 0.6 is 0 Å². The molecule has 1 saturated carbocycles. The van der Waals surface area contributed by atoms with Crippen LogP contribution in [-0.2, 0) is 4.74 Å². The summed E-state index contributed by atoms with van der Waals surface area (Å²) in [5.41, 5.74) is 0.757. The maximum absolute atomic E-state index is 13.3. The zero-order valence-electron chi connectivity index (χ0n) is 14.7. The molecule has 6 heteroatoms. The number of hydrogen-bond donors (Lipinski definition) is 1. The molecule has 0 radical (unpaired) electrons. The highest BCUT2D eigenvalue weighted by molar-refractivity contribution is 5.79. The maximum Gasteiger partial charge on any atom is 0.193 e. The molecule has 1 aliphatic rings. The number of nitrogens with zero attached hydrogens (tertiary/aromatic N) is 2. The molecule has 0 heterocycles. The van der Waals surface area contributed by atoms with Crippen LogP contribution in [0.15, 0.2) is 23.2 Å². The molecule has 0 amide bonds. The Labute approximate surface area is 142 Å². The van der Waals surface area contributed by atoms with Gasteiger partial charge in [-0.05, 0) is 42.4 Å². The van der Waals surface area contributed by atoms with Crippen molar-refractivity contribution >= 4 is 5.96 Å². The lowest BCUT2D eigenvalue weighted by molar-refractivity contribution is 0.115. The van der Waals surface area contributed by atoms with Crippen LogP contribution in [0.25, 0.3) is 0 Å². The van der Waals surface area contributed by atoms with Gasteiger partial charge in [-0.3, -0.25) is 4.99 Å². The molecule has 1 N–H and O–H groups in total. The summed E-state index contributed by atoms with van der Waals surface area (Å²) in [5, 5.41) is 3.27. The number of guanidine groups is 1. The van der Waals surface area contributed by atoms with E-state index in [1.807, 2.05) is 18.9 Å². The fourth-order valence-electron chi connectivity index (χ4n) is 2.41. The minimum Gasteiger partial charge on any atom is -0.379 e. The van der Waals surface area contributed by atoms with Crippen molar-refractivity contribution < 1.29 is 13.5 Å². The summed E-state index contributed by atoms with van der Waals surface area (Å²) >= 11 is 0. The zero-order valence-corrected chi connectivity index (χ0v) is 14.7. The summed E-state index contributed by atoms with van der Waals surface area (Å²) in [7, 11) is 3.68. The van der Waals surface area contributed by atoms with Crippen molar-refractivity contribution in [3.05, 3.63) is 35.4 Å². The van der Waals surface area contributed by atoms with Crippen LogP contribution in [-0.4, -0.2) is 51.3 Å². The van der Waals surface area contributed by atoms with Crippen molar-refractivity contribution in [1.29, 1.82) is 0 Å². The van der Waals surface area contributed by atoms with Crippen LogP contribution < -0.4 is 5.32 Å². The van der Waals surface area contributed by atoms with E-state index < -0.39 is 11.6 Å². The molecule has 1 aromatic rings. The number of likely N-dealkylation sites (N-methyl/N-ethyl adjacent to an activating group) is 1. The van der Waals surface area contributed by atoms with Gasteiger partial charge in [0.2, 0.25) is 0 Å². The Morgan fingerprint density at radius 2 is 2.12 bits per heavy atom. The molecular weight excluding hydrogens is 312 g/mol. The number of hydrogen-bond acceptors (Lipinski definition) is 2. The normalized spacial score (nSPS) is 16.1. The predicted octanol–water partition coefficient (Wildman–Crippen LogP) is 3.00. The van der Waals surface area contributed by atoms with Crippen LogP contribution in [0.2, 0.25) is 0 Å². The molecule has 134 valence electrons. The first kappa shape index (κ1) is 18.6. The lowest BCUT2D eigenvalue weighted by Gasteiger charge is -2.23.